The van der Waals surface area contributed by atoms with E-state index in [1.165, 1.54) is 60.8 Å². The third kappa shape index (κ3) is 6.08. The van der Waals surface area contributed by atoms with Gasteiger partial charge in [0.1, 0.15) is 11.2 Å². The highest BCUT2D eigenvalue weighted by molar-refractivity contribution is 6.12. The Morgan fingerprint density at radius 1 is 0.329 bits per heavy atom. The maximum Gasteiger partial charge on any atom is 0.137 e. The summed E-state index contributed by atoms with van der Waals surface area (Å²) in [5.41, 5.74) is 19.9. The van der Waals surface area contributed by atoms with Gasteiger partial charge in [0.15, 0.2) is 0 Å². The molecule has 0 fully saturated rings. The van der Waals surface area contributed by atoms with E-state index in [0.717, 1.165) is 61.3 Å². The van der Waals surface area contributed by atoms with E-state index in [2.05, 4.69) is 264 Å². The van der Waals surface area contributed by atoms with Crippen LogP contribution in [0.1, 0.15) is 22.3 Å². The molecule has 3 heteroatoms. The minimum atomic E-state index is -0.574. The standard InChI is InChI=1S/C67H44N2O/c1-5-20-45(21-6-1)47-24-19-29-51(40-47)68(53-36-38-56-55-31-15-18-35-64(55)70-65(56)44-53)52-37-39-62-58(43-52)54-30-14-17-34-61(54)69(62)63-42-48(46-22-7-2-8-23-46)41-60-66(63)57-32-13-16-33-59(57)67(60,49-25-9-3-10-26-49)50-27-11-4-12-28-50/h1-44H. The molecule has 0 aliphatic heterocycles. The van der Waals surface area contributed by atoms with Crippen LogP contribution in [-0.4, -0.2) is 4.57 Å². The van der Waals surface area contributed by atoms with Gasteiger partial charge in [-0.25, -0.2) is 0 Å². The van der Waals surface area contributed by atoms with Gasteiger partial charge in [-0.05, 0) is 117 Å². The second-order valence-electron chi connectivity index (χ2n) is 18.4. The fourth-order valence-corrected chi connectivity index (χ4v) is 11.6. The molecule has 2 heterocycles. The number of rotatable bonds is 8. The van der Waals surface area contributed by atoms with Crippen molar-refractivity contribution in [1.29, 1.82) is 0 Å². The van der Waals surface area contributed by atoms with Crippen LogP contribution in [-0.2, 0) is 5.41 Å². The van der Waals surface area contributed by atoms with Crippen molar-refractivity contribution in [3.63, 3.8) is 0 Å². The van der Waals surface area contributed by atoms with Crippen LogP contribution in [0.25, 0.3) is 82.8 Å². The van der Waals surface area contributed by atoms with Gasteiger partial charge in [-0.15, -0.1) is 0 Å². The van der Waals surface area contributed by atoms with Crippen molar-refractivity contribution in [3.05, 3.63) is 289 Å². The van der Waals surface area contributed by atoms with Crippen LogP contribution >= 0.6 is 0 Å². The molecule has 0 unspecified atom stereocenters. The van der Waals surface area contributed by atoms with Gasteiger partial charge in [0, 0.05) is 50.2 Å². The first kappa shape index (κ1) is 39.9. The molecule has 70 heavy (non-hydrogen) atoms. The molecule has 0 radical (unpaired) electrons. The number of fused-ring (bicyclic) bond motifs is 9. The lowest BCUT2D eigenvalue weighted by atomic mass is 9.67. The molecular weight excluding hydrogens is 849 g/mol. The minimum Gasteiger partial charge on any atom is -0.456 e. The first-order valence-corrected chi connectivity index (χ1v) is 24.1. The van der Waals surface area contributed by atoms with Gasteiger partial charge in [-0.1, -0.05) is 194 Å². The van der Waals surface area contributed by atoms with Crippen molar-refractivity contribution in [2.45, 2.75) is 5.41 Å². The van der Waals surface area contributed by atoms with Gasteiger partial charge in [-0.2, -0.15) is 0 Å². The summed E-state index contributed by atoms with van der Waals surface area (Å²) in [5, 5.41) is 4.58. The molecule has 0 bridgehead atoms. The fraction of sp³-hybridized carbons (Fsp3) is 0.0149. The molecule has 0 saturated heterocycles. The van der Waals surface area contributed by atoms with Gasteiger partial charge in [-0.3, -0.25) is 0 Å². The summed E-state index contributed by atoms with van der Waals surface area (Å²) in [7, 11) is 0. The Hall–Kier alpha value is -9.18. The van der Waals surface area contributed by atoms with Crippen molar-refractivity contribution >= 4 is 60.8 Å². The molecule has 0 amide bonds. The van der Waals surface area contributed by atoms with Gasteiger partial charge >= 0.3 is 0 Å². The molecule has 0 N–H and O–H groups in total. The predicted molar refractivity (Wildman–Crippen MR) is 291 cm³/mol. The number of anilines is 3. The summed E-state index contributed by atoms with van der Waals surface area (Å²) in [6, 6.07) is 97.5. The Morgan fingerprint density at radius 2 is 0.886 bits per heavy atom. The molecule has 0 saturated carbocycles. The summed E-state index contributed by atoms with van der Waals surface area (Å²) in [5.74, 6) is 0. The highest BCUT2D eigenvalue weighted by Gasteiger charge is 2.47. The predicted octanol–water partition coefficient (Wildman–Crippen LogP) is 17.8. The zero-order chi connectivity index (χ0) is 46.2. The van der Waals surface area contributed by atoms with Crippen LogP contribution < -0.4 is 4.90 Å². The van der Waals surface area contributed by atoms with Crippen LogP contribution in [0.15, 0.2) is 271 Å². The quantitative estimate of drug-likeness (QED) is 0.152. The lowest BCUT2D eigenvalue weighted by molar-refractivity contribution is 0.669. The molecular formula is C67H44N2O. The summed E-state index contributed by atoms with van der Waals surface area (Å²) in [6.45, 7) is 0. The van der Waals surface area contributed by atoms with E-state index in [9.17, 15) is 0 Å². The van der Waals surface area contributed by atoms with Crippen molar-refractivity contribution in [2.24, 2.45) is 0 Å². The Morgan fingerprint density at radius 3 is 1.64 bits per heavy atom. The van der Waals surface area contributed by atoms with E-state index >= 15 is 0 Å². The van der Waals surface area contributed by atoms with Crippen LogP contribution in [0, 0.1) is 0 Å². The molecule has 3 nitrogen and oxygen atoms in total. The molecule has 0 atom stereocenters. The van der Waals surface area contributed by atoms with Gasteiger partial charge in [0.25, 0.3) is 0 Å². The van der Waals surface area contributed by atoms with E-state index < -0.39 is 5.41 Å². The summed E-state index contributed by atoms with van der Waals surface area (Å²) >= 11 is 0. The smallest absolute Gasteiger partial charge is 0.137 e. The van der Waals surface area contributed by atoms with Crippen LogP contribution in [0.2, 0.25) is 0 Å². The summed E-state index contributed by atoms with van der Waals surface area (Å²) < 4.78 is 9.06. The maximum absolute atomic E-state index is 6.53. The Labute approximate surface area is 406 Å². The first-order chi connectivity index (χ1) is 34.7. The Kier molecular flexibility index (Phi) is 9.11. The zero-order valence-corrected chi connectivity index (χ0v) is 38.2. The van der Waals surface area contributed by atoms with Crippen molar-refractivity contribution < 1.29 is 4.42 Å². The number of nitrogens with zero attached hydrogens (tertiary/aromatic N) is 2. The lowest BCUT2D eigenvalue weighted by Gasteiger charge is -2.34. The van der Waals surface area contributed by atoms with Crippen LogP contribution in [0.3, 0.4) is 0 Å². The second-order valence-corrected chi connectivity index (χ2v) is 18.4. The minimum absolute atomic E-state index is 0.574. The summed E-state index contributed by atoms with van der Waals surface area (Å²) in [4.78, 5) is 2.38. The number of para-hydroxylation sites is 2. The highest BCUT2D eigenvalue weighted by Crippen LogP contribution is 2.59. The van der Waals surface area contributed by atoms with E-state index in [-0.39, 0.29) is 0 Å². The second kappa shape index (κ2) is 16.0. The third-order valence-electron chi connectivity index (χ3n) is 14.6. The molecule has 1 aliphatic carbocycles. The van der Waals surface area contributed by atoms with E-state index in [4.69, 9.17) is 4.42 Å². The van der Waals surface area contributed by atoms with Gasteiger partial charge in [0.05, 0.1) is 22.1 Å². The van der Waals surface area contributed by atoms with Crippen LogP contribution in [0.4, 0.5) is 17.1 Å². The highest BCUT2D eigenvalue weighted by atomic mass is 16.3. The monoisotopic (exact) mass is 892 g/mol. The Bertz CT molecular complexity index is 4070. The van der Waals surface area contributed by atoms with Crippen molar-refractivity contribution in [3.8, 4) is 39.1 Å². The fourth-order valence-electron chi connectivity index (χ4n) is 11.6. The number of furan rings is 1. The first-order valence-electron chi connectivity index (χ1n) is 24.1. The molecule has 13 aromatic rings. The molecule has 2 aromatic heterocycles. The SMILES string of the molecule is c1ccc(-c2cccc(N(c3ccc4c(c3)oc3ccccc34)c3ccc4c(c3)c3ccccc3n4-c3cc(-c4ccccc4)cc4c3-c3ccccc3C4(c3ccccc3)c3ccccc3)c2)cc1. The molecule has 1 aliphatic rings. The van der Waals surface area contributed by atoms with Crippen molar-refractivity contribution in [1.82, 2.24) is 4.57 Å². The number of hydrogen-bond donors (Lipinski definition) is 0. The number of benzene rings is 11. The Balaban J connectivity index is 1.04. The zero-order valence-electron chi connectivity index (χ0n) is 38.2. The molecule has 14 rings (SSSR count). The molecule has 11 aromatic carbocycles. The average Bonchev–Trinajstić information content (AvgIpc) is 4.08. The average molecular weight is 893 g/mol. The van der Waals surface area contributed by atoms with Gasteiger partial charge in [0.2, 0.25) is 0 Å². The topological polar surface area (TPSA) is 21.3 Å². The lowest BCUT2D eigenvalue weighted by Crippen LogP contribution is -2.28. The van der Waals surface area contributed by atoms with E-state index in [1.54, 1.807) is 0 Å². The van der Waals surface area contributed by atoms with E-state index in [1.807, 2.05) is 12.1 Å². The summed E-state index contributed by atoms with van der Waals surface area (Å²) in [6.07, 6.45) is 0. The van der Waals surface area contributed by atoms with Crippen LogP contribution in [0.5, 0.6) is 0 Å². The molecule has 328 valence electrons. The largest absolute Gasteiger partial charge is 0.456 e. The number of aromatic nitrogens is 1. The maximum atomic E-state index is 6.53. The van der Waals surface area contributed by atoms with Crippen molar-refractivity contribution in [2.75, 3.05) is 4.90 Å². The van der Waals surface area contributed by atoms with E-state index in [0.29, 0.717) is 0 Å². The van der Waals surface area contributed by atoms with Gasteiger partial charge < -0.3 is 13.9 Å². The third-order valence-corrected chi connectivity index (χ3v) is 14.6. The molecule has 0 spiro atoms. The normalized spacial score (nSPS) is 12.7. The number of hydrogen-bond acceptors (Lipinski definition) is 2.